The van der Waals surface area contributed by atoms with E-state index in [-0.39, 0.29) is 23.4 Å². The minimum Gasteiger partial charge on any atom is -0.433 e. The van der Waals surface area contributed by atoms with Crippen LogP contribution in [0.1, 0.15) is 25.7 Å². The van der Waals surface area contributed by atoms with Gasteiger partial charge in [-0.25, -0.2) is 4.79 Å². The lowest BCUT2D eigenvalue weighted by Gasteiger charge is -2.28. The highest BCUT2D eigenvalue weighted by Gasteiger charge is 2.22. The third-order valence-corrected chi connectivity index (χ3v) is 4.16. The SMILES string of the molecule is O=C(Nc1ccc(Cl)c(OC(F)F)c1)NC1CCC(CO)CC1. The molecule has 0 spiro atoms. The molecule has 1 aliphatic rings. The summed E-state index contributed by atoms with van der Waals surface area (Å²) in [7, 11) is 0. The first-order valence-corrected chi connectivity index (χ1v) is 7.78. The Balaban J connectivity index is 1.88. The molecular formula is C15H19ClF2N2O3. The van der Waals surface area contributed by atoms with Gasteiger partial charge in [0, 0.05) is 24.4 Å². The highest BCUT2D eigenvalue weighted by Crippen LogP contribution is 2.29. The summed E-state index contributed by atoms with van der Waals surface area (Å²) in [5.41, 5.74) is 0.312. The van der Waals surface area contributed by atoms with Gasteiger partial charge < -0.3 is 20.5 Å². The number of halogens is 3. The average Bonchev–Trinajstić information content (AvgIpc) is 2.51. The summed E-state index contributed by atoms with van der Waals surface area (Å²) in [6.07, 6.45) is 3.35. The lowest BCUT2D eigenvalue weighted by Crippen LogP contribution is -2.40. The van der Waals surface area contributed by atoms with Crippen LogP contribution in [0.15, 0.2) is 18.2 Å². The summed E-state index contributed by atoms with van der Waals surface area (Å²) < 4.78 is 28.8. The van der Waals surface area contributed by atoms with E-state index in [1.807, 2.05) is 0 Å². The first-order chi connectivity index (χ1) is 11.0. The van der Waals surface area contributed by atoms with Crippen molar-refractivity contribution in [3.05, 3.63) is 23.2 Å². The van der Waals surface area contributed by atoms with Crippen LogP contribution in [0.3, 0.4) is 0 Å². The number of carbonyl (C=O) groups is 1. The molecule has 0 saturated heterocycles. The van der Waals surface area contributed by atoms with Crippen molar-refractivity contribution in [3.63, 3.8) is 0 Å². The summed E-state index contributed by atoms with van der Waals surface area (Å²) in [5.74, 6) is 0.115. The zero-order chi connectivity index (χ0) is 16.8. The molecule has 1 saturated carbocycles. The van der Waals surface area contributed by atoms with Crippen molar-refractivity contribution in [2.24, 2.45) is 5.92 Å². The maximum atomic E-state index is 12.3. The highest BCUT2D eigenvalue weighted by atomic mass is 35.5. The molecule has 2 amide bonds. The molecule has 0 heterocycles. The van der Waals surface area contributed by atoms with Gasteiger partial charge in [0.15, 0.2) is 0 Å². The zero-order valence-corrected chi connectivity index (χ0v) is 13.2. The number of hydrogen-bond donors (Lipinski definition) is 3. The van der Waals surface area contributed by atoms with Crippen LogP contribution in [-0.4, -0.2) is 30.4 Å². The second kappa shape index (κ2) is 8.31. The summed E-state index contributed by atoms with van der Waals surface area (Å²) in [6.45, 7) is -2.81. The molecule has 1 fully saturated rings. The molecule has 5 nitrogen and oxygen atoms in total. The fourth-order valence-corrected chi connectivity index (χ4v) is 2.77. The molecule has 0 aliphatic heterocycles. The van der Waals surface area contributed by atoms with Crippen molar-refractivity contribution in [2.45, 2.75) is 38.3 Å². The Kier molecular flexibility index (Phi) is 6.41. The monoisotopic (exact) mass is 348 g/mol. The Morgan fingerprint density at radius 3 is 2.65 bits per heavy atom. The molecule has 1 aromatic rings. The van der Waals surface area contributed by atoms with Gasteiger partial charge in [-0.2, -0.15) is 8.78 Å². The van der Waals surface area contributed by atoms with Gasteiger partial charge >= 0.3 is 12.6 Å². The lowest BCUT2D eigenvalue weighted by molar-refractivity contribution is -0.0497. The van der Waals surface area contributed by atoms with Gasteiger partial charge in [0.25, 0.3) is 0 Å². The summed E-state index contributed by atoms with van der Waals surface area (Å²) >= 11 is 5.75. The number of aliphatic hydroxyl groups is 1. The normalized spacial score (nSPS) is 21.1. The van der Waals surface area contributed by atoms with Crippen LogP contribution in [-0.2, 0) is 0 Å². The summed E-state index contributed by atoms with van der Waals surface area (Å²) in [5, 5.41) is 14.5. The molecule has 0 atom stereocenters. The topological polar surface area (TPSA) is 70.6 Å². The van der Waals surface area contributed by atoms with Crippen molar-refractivity contribution in [3.8, 4) is 5.75 Å². The third-order valence-electron chi connectivity index (χ3n) is 3.85. The molecule has 23 heavy (non-hydrogen) atoms. The number of benzene rings is 1. The summed E-state index contributed by atoms with van der Waals surface area (Å²) in [4.78, 5) is 12.0. The number of anilines is 1. The molecule has 3 N–H and O–H groups in total. The smallest absolute Gasteiger partial charge is 0.387 e. The molecule has 1 aromatic carbocycles. The van der Waals surface area contributed by atoms with Crippen molar-refractivity contribution >= 4 is 23.3 Å². The Bertz CT molecular complexity index is 537. The fourth-order valence-electron chi connectivity index (χ4n) is 2.61. The molecule has 0 bridgehead atoms. The number of nitrogens with one attached hydrogen (secondary N) is 2. The van der Waals surface area contributed by atoms with Crippen LogP contribution in [0.25, 0.3) is 0 Å². The van der Waals surface area contributed by atoms with Crippen LogP contribution in [0.4, 0.5) is 19.3 Å². The number of hydrogen-bond acceptors (Lipinski definition) is 3. The van der Waals surface area contributed by atoms with Gasteiger partial charge in [-0.05, 0) is 43.7 Å². The minimum absolute atomic E-state index is 0.0404. The molecule has 2 rings (SSSR count). The van der Waals surface area contributed by atoms with E-state index in [1.54, 1.807) is 0 Å². The first-order valence-electron chi connectivity index (χ1n) is 7.40. The largest absolute Gasteiger partial charge is 0.433 e. The second-order valence-electron chi connectivity index (χ2n) is 5.52. The van der Waals surface area contributed by atoms with Crippen LogP contribution >= 0.6 is 11.6 Å². The second-order valence-corrected chi connectivity index (χ2v) is 5.93. The molecule has 8 heteroatoms. The van der Waals surface area contributed by atoms with E-state index in [1.165, 1.54) is 18.2 Å². The quantitative estimate of drug-likeness (QED) is 0.761. The van der Waals surface area contributed by atoms with Crippen molar-refractivity contribution in [1.82, 2.24) is 5.32 Å². The van der Waals surface area contributed by atoms with Crippen molar-refractivity contribution < 1.29 is 23.4 Å². The predicted octanol–water partition coefficient (Wildman–Crippen LogP) is 3.61. The minimum atomic E-state index is -2.99. The number of carbonyl (C=O) groups excluding carboxylic acids is 1. The average molecular weight is 349 g/mol. The Labute approximate surface area is 138 Å². The van der Waals surface area contributed by atoms with E-state index in [4.69, 9.17) is 16.7 Å². The number of amides is 2. The van der Waals surface area contributed by atoms with E-state index in [9.17, 15) is 13.6 Å². The standard InChI is InChI=1S/C15H19ClF2N2O3/c16-12-6-5-11(7-13(12)23-14(17)18)20-15(22)19-10-3-1-9(8-21)2-4-10/h5-7,9-10,14,21H,1-4,8H2,(H2,19,20,22). The van der Waals surface area contributed by atoms with Crippen LogP contribution < -0.4 is 15.4 Å². The van der Waals surface area contributed by atoms with Crippen LogP contribution in [0, 0.1) is 5.92 Å². The van der Waals surface area contributed by atoms with Crippen LogP contribution in [0.2, 0.25) is 5.02 Å². The van der Waals surface area contributed by atoms with E-state index < -0.39 is 12.6 Å². The van der Waals surface area contributed by atoms with Crippen molar-refractivity contribution in [1.29, 1.82) is 0 Å². The Morgan fingerprint density at radius 2 is 2.04 bits per heavy atom. The van der Waals surface area contributed by atoms with E-state index in [2.05, 4.69) is 15.4 Å². The molecule has 0 unspecified atom stereocenters. The molecule has 128 valence electrons. The number of urea groups is 1. The number of alkyl halides is 2. The maximum Gasteiger partial charge on any atom is 0.387 e. The van der Waals surface area contributed by atoms with Gasteiger partial charge in [0.1, 0.15) is 5.75 Å². The van der Waals surface area contributed by atoms with E-state index in [0.29, 0.717) is 11.6 Å². The Morgan fingerprint density at radius 1 is 1.35 bits per heavy atom. The van der Waals surface area contributed by atoms with Gasteiger partial charge in [-0.1, -0.05) is 11.6 Å². The molecule has 0 aromatic heterocycles. The zero-order valence-electron chi connectivity index (χ0n) is 12.4. The highest BCUT2D eigenvalue weighted by molar-refractivity contribution is 6.32. The van der Waals surface area contributed by atoms with Gasteiger partial charge in [-0.3, -0.25) is 0 Å². The fraction of sp³-hybridized carbons (Fsp3) is 0.533. The first kappa shape index (κ1) is 17.7. The number of ether oxygens (including phenoxy) is 1. The van der Waals surface area contributed by atoms with Crippen LogP contribution in [0.5, 0.6) is 5.75 Å². The number of aliphatic hydroxyl groups excluding tert-OH is 1. The summed E-state index contributed by atoms with van der Waals surface area (Å²) in [6, 6.07) is 3.76. The van der Waals surface area contributed by atoms with Gasteiger partial charge in [0.05, 0.1) is 5.02 Å². The third kappa shape index (κ3) is 5.51. The molecule has 1 aliphatic carbocycles. The lowest BCUT2D eigenvalue weighted by atomic mass is 9.87. The molecular weight excluding hydrogens is 330 g/mol. The van der Waals surface area contributed by atoms with Gasteiger partial charge in [0.2, 0.25) is 0 Å². The number of rotatable bonds is 5. The molecule has 0 radical (unpaired) electrons. The van der Waals surface area contributed by atoms with Crippen molar-refractivity contribution in [2.75, 3.05) is 11.9 Å². The van der Waals surface area contributed by atoms with E-state index >= 15 is 0 Å². The predicted molar refractivity (Wildman–Crippen MR) is 83.1 cm³/mol. The Hall–Kier alpha value is -1.60. The van der Waals surface area contributed by atoms with E-state index in [0.717, 1.165) is 25.7 Å². The maximum absolute atomic E-state index is 12.3. The van der Waals surface area contributed by atoms with Gasteiger partial charge in [-0.15, -0.1) is 0 Å².